The third-order valence-corrected chi connectivity index (χ3v) is 9.53. The minimum Gasteiger partial charge on any atom is -0.462 e. The monoisotopic (exact) mass is 785 g/mol. The number of phosphoric acid groups is 1. The van der Waals surface area contributed by atoms with Crippen molar-refractivity contribution in [3.05, 3.63) is 48.6 Å². The van der Waals surface area contributed by atoms with E-state index in [9.17, 15) is 24.4 Å². The third kappa shape index (κ3) is 39.6. The lowest BCUT2D eigenvalue weighted by Crippen LogP contribution is -2.29. The average Bonchev–Trinajstić information content (AvgIpc) is 3.13. The first kappa shape index (κ1) is 51.9. The Morgan fingerprint density at radius 3 is 1.59 bits per heavy atom. The van der Waals surface area contributed by atoms with Crippen molar-refractivity contribution in [3.63, 3.8) is 0 Å². The summed E-state index contributed by atoms with van der Waals surface area (Å²) in [7, 11) is -4.81. The highest BCUT2D eigenvalue weighted by molar-refractivity contribution is 7.46. The lowest BCUT2D eigenvalue weighted by molar-refractivity contribution is -0.161. The molecule has 0 bridgehead atoms. The molecule has 4 N–H and O–H groups in total. The number of phosphoric ester groups is 1. The zero-order chi connectivity index (χ0) is 40.0. The van der Waals surface area contributed by atoms with Crippen LogP contribution in [0.1, 0.15) is 181 Å². The molecule has 3 atom stereocenters. The number of allylic oxidation sites excluding steroid dienone is 5. The fourth-order valence-corrected chi connectivity index (χ4v) is 6.16. The molecule has 0 heterocycles. The number of rotatable bonds is 38. The van der Waals surface area contributed by atoms with Gasteiger partial charge in [-0.1, -0.05) is 178 Å². The molecule has 54 heavy (non-hydrogen) atoms. The minimum atomic E-state index is -4.81. The first-order valence-electron chi connectivity index (χ1n) is 21.1. The van der Waals surface area contributed by atoms with Gasteiger partial charge in [0.25, 0.3) is 0 Å². The van der Waals surface area contributed by atoms with E-state index >= 15 is 0 Å². The molecule has 0 radical (unpaired) electrons. The number of unbranched alkanes of at least 4 members (excludes halogenated alkanes) is 19. The zero-order valence-electron chi connectivity index (χ0n) is 33.8. The number of aliphatic hydroxyl groups excluding tert-OH is 2. The van der Waals surface area contributed by atoms with Crippen molar-refractivity contribution >= 4 is 19.8 Å². The maximum atomic E-state index is 12.4. The van der Waals surface area contributed by atoms with Gasteiger partial charge in [-0.2, -0.15) is 0 Å². The van der Waals surface area contributed by atoms with Crippen LogP contribution in [-0.2, 0) is 28.2 Å². The van der Waals surface area contributed by atoms with E-state index in [2.05, 4.69) is 24.4 Å². The van der Waals surface area contributed by atoms with Gasteiger partial charge in [0.1, 0.15) is 6.61 Å². The zero-order valence-corrected chi connectivity index (χ0v) is 34.7. The number of aliphatic hydroxyl groups is 2. The molecule has 0 amide bonds. The van der Waals surface area contributed by atoms with Crippen molar-refractivity contribution in [1.82, 2.24) is 0 Å². The topological polar surface area (TPSA) is 160 Å². The molecule has 0 aliphatic rings. The molecule has 314 valence electrons. The van der Waals surface area contributed by atoms with Gasteiger partial charge in [-0.25, -0.2) is 4.57 Å². The summed E-state index contributed by atoms with van der Waals surface area (Å²) in [5, 5.41) is 20.2. The molecule has 0 unspecified atom stereocenters. The molecule has 0 saturated heterocycles. The van der Waals surface area contributed by atoms with Crippen molar-refractivity contribution in [2.45, 2.75) is 199 Å². The van der Waals surface area contributed by atoms with Crippen LogP contribution in [0.5, 0.6) is 0 Å². The second-order valence-corrected chi connectivity index (χ2v) is 15.6. The van der Waals surface area contributed by atoms with Crippen LogP contribution in [-0.4, -0.2) is 63.5 Å². The van der Waals surface area contributed by atoms with E-state index in [4.69, 9.17) is 19.3 Å². The van der Waals surface area contributed by atoms with Crippen molar-refractivity contribution in [2.75, 3.05) is 13.2 Å². The Hall–Kier alpha value is -2.07. The number of hydrogen-bond acceptors (Lipinski definition) is 8. The molecule has 11 heteroatoms. The quantitative estimate of drug-likeness (QED) is 0.0156. The SMILES string of the molecule is CCCCC/C=C\C[C@@H](O)/C=C/C=C/C=C\[C@@H](O)CCCC(=O)OC[C@H](COP(=O)(O)O)OC(=O)CCCCCCCCCCCCCCCCCCC. The summed E-state index contributed by atoms with van der Waals surface area (Å²) < 4.78 is 26.2. The average molecular weight is 785 g/mol. The van der Waals surface area contributed by atoms with Crippen LogP contribution in [0.3, 0.4) is 0 Å². The van der Waals surface area contributed by atoms with E-state index in [0.717, 1.165) is 25.7 Å². The van der Waals surface area contributed by atoms with Gasteiger partial charge in [0.2, 0.25) is 0 Å². The summed E-state index contributed by atoms with van der Waals surface area (Å²) in [6, 6.07) is 0. The number of carbonyl (C=O) groups is 2. The highest BCUT2D eigenvalue weighted by Crippen LogP contribution is 2.36. The number of carbonyl (C=O) groups excluding carboxylic acids is 2. The van der Waals surface area contributed by atoms with E-state index < -0.39 is 51.3 Å². The lowest BCUT2D eigenvalue weighted by Gasteiger charge is -2.18. The molecule has 0 aromatic heterocycles. The highest BCUT2D eigenvalue weighted by Gasteiger charge is 2.23. The second kappa shape index (κ2) is 37.8. The van der Waals surface area contributed by atoms with Gasteiger partial charge in [-0.05, 0) is 38.5 Å². The standard InChI is InChI=1S/C43H77O10P/c1-3-5-7-9-11-12-13-14-15-16-17-18-19-20-21-23-29-35-43(47)53-41(38-52-54(48,49)50)37-51-42(46)36-30-34-40(45)33-28-25-24-27-32-39(44)31-26-22-10-8-6-4-2/h22,24-28,32-33,39-41,44-45H,3-21,23,29-31,34-38H2,1-2H3,(H2,48,49,50)/b25-24+,26-22-,32-27+,33-28-/t39-,40-,41-/m1/s1. The molecule has 0 rings (SSSR count). The molecular formula is C43H77O10P. The van der Waals surface area contributed by atoms with Gasteiger partial charge in [-0.15, -0.1) is 0 Å². The highest BCUT2D eigenvalue weighted by atomic mass is 31.2. The molecule has 0 fully saturated rings. The van der Waals surface area contributed by atoms with E-state index in [1.54, 1.807) is 36.5 Å². The van der Waals surface area contributed by atoms with Crippen LogP contribution in [0.15, 0.2) is 48.6 Å². The Balaban J connectivity index is 4.16. The molecule has 0 saturated carbocycles. The van der Waals surface area contributed by atoms with Crippen LogP contribution in [0.4, 0.5) is 0 Å². The molecule has 0 aromatic rings. The van der Waals surface area contributed by atoms with Crippen LogP contribution in [0.25, 0.3) is 0 Å². The molecule has 10 nitrogen and oxygen atoms in total. The number of esters is 2. The summed E-state index contributed by atoms with van der Waals surface area (Å²) in [5.41, 5.74) is 0. The molecule has 0 aliphatic heterocycles. The lowest BCUT2D eigenvalue weighted by atomic mass is 10.0. The largest absolute Gasteiger partial charge is 0.469 e. The van der Waals surface area contributed by atoms with Gasteiger partial charge in [0.15, 0.2) is 6.10 Å². The molecule has 0 aliphatic carbocycles. The van der Waals surface area contributed by atoms with Crippen LogP contribution in [0, 0.1) is 0 Å². The van der Waals surface area contributed by atoms with Gasteiger partial charge in [0.05, 0.1) is 18.8 Å². The Labute approximate surface area is 328 Å². The Morgan fingerprint density at radius 1 is 0.574 bits per heavy atom. The van der Waals surface area contributed by atoms with Crippen LogP contribution < -0.4 is 0 Å². The van der Waals surface area contributed by atoms with E-state index in [0.29, 0.717) is 25.7 Å². The predicted molar refractivity (Wildman–Crippen MR) is 219 cm³/mol. The van der Waals surface area contributed by atoms with Crippen molar-refractivity contribution < 1.29 is 48.2 Å². The van der Waals surface area contributed by atoms with Crippen molar-refractivity contribution in [1.29, 1.82) is 0 Å². The minimum absolute atomic E-state index is 0.00763. The van der Waals surface area contributed by atoms with Gasteiger partial charge in [0, 0.05) is 12.8 Å². The Bertz CT molecular complexity index is 1050. The fraction of sp³-hybridized carbons (Fsp3) is 0.767. The van der Waals surface area contributed by atoms with Gasteiger partial charge >= 0.3 is 19.8 Å². The number of hydrogen-bond donors (Lipinski definition) is 4. The Kier molecular flexibility index (Phi) is 36.4. The van der Waals surface area contributed by atoms with Gasteiger partial charge in [-0.3, -0.25) is 14.1 Å². The molecule has 0 aromatic carbocycles. The summed E-state index contributed by atoms with van der Waals surface area (Å²) in [5.74, 6) is -1.12. The number of ether oxygens (including phenoxy) is 2. The summed E-state index contributed by atoms with van der Waals surface area (Å²) in [6.45, 7) is 3.42. The first-order valence-corrected chi connectivity index (χ1v) is 22.7. The summed E-state index contributed by atoms with van der Waals surface area (Å²) >= 11 is 0. The van der Waals surface area contributed by atoms with E-state index in [-0.39, 0.29) is 12.8 Å². The maximum Gasteiger partial charge on any atom is 0.469 e. The second-order valence-electron chi connectivity index (χ2n) is 14.4. The Morgan fingerprint density at radius 2 is 1.06 bits per heavy atom. The van der Waals surface area contributed by atoms with Crippen molar-refractivity contribution in [3.8, 4) is 0 Å². The fourth-order valence-electron chi connectivity index (χ4n) is 5.80. The predicted octanol–water partition coefficient (Wildman–Crippen LogP) is 10.7. The van der Waals surface area contributed by atoms with E-state index in [1.165, 1.54) is 103 Å². The van der Waals surface area contributed by atoms with Crippen LogP contribution in [0.2, 0.25) is 0 Å². The van der Waals surface area contributed by atoms with E-state index in [1.807, 2.05) is 6.08 Å². The first-order chi connectivity index (χ1) is 26.1. The maximum absolute atomic E-state index is 12.4. The summed E-state index contributed by atoms with van der Waals surface area (Å²) in [6.07, 6.45) is 38.9. The summed E-state index contributed by atoms with van der Waals surface area (Å²) in [4.78, 5) is 42.9. The third-order valence-electron chi connectivity index (χ3n) is 9.04. The molecule has 0 spiro atoms. The smallest absolute Gasteiger partial charge is 0.462 e. The van der Waals surface area contributed by atoms with Gasteiger partial charge < -0.3 is 29.5 Å². The molecular weight excluding hydrogens is 707 g/mol. The normalized spacial score (nSPS) is 14.1. The van der Waals surface area contributed by atoms with Crippen molar-refractivity contribution in [2.24, 2.45) is 0 Å². The van der Waals surface area contributed by atoms with Crippen LogP contribution >= 0.6 is 7.82 Å².